The molecule has 10 heteroatoms. The predicted octanol–water partition coefficient (Wildman–Crippen LogP) is 4.02. The van der Waals surface area contributed by atoms with Gasteiger partial charge in [0.05, 0.1) is 22.7 Å². The van der Waals surface area contributed by atoms with Crippen molar-refractivity contribution in [1.29, 1.82) is 0 Å². The smallest absolute Gasteiger partial charge is 0.264 e. The van der Waals surface area contributed by atoms with Crippen LogP contribution >= 0.6 is 11.6 Å². The first-order chi connectivity index (χ1) is 17.6. The second-order valence-corrected chi connectivity index (χ2v) is 10.7. The van der Waals surface area contributed by atoms with E-state index >= 15 is 0 Å². The largest absolute Gasteiger partial charge is 0.495 e. The van der Waals surface area contributed by atoms with Crippen LogP contribution in [0.2, 0.25) is 5.02 Å². The lowest BCUT2D eigenvalue weighted by Crippen LogP contribution is -2.50. The number of rotatable bonds is 10. The van der Waals surface area contributed by atoms with Crippen LogP contribution in [0, 0.1) is 6.92 Å². The average molecular weight is 544 g/mol. The molecule has 0 spiro atoms. The van der Waals surface area contributed by atoms with Crippen LogP contribution in [0.5, 0.6) is 5.75 Å². The zero-order valence-corrected chi connectivity index (χ0v) is 22.7. The quantitative estimate of drug-likeness (QED) is 0.417. The maximum atomic E-state index is 13.8. The molecule has 0 radical (unpaired) electrons. The lowest BCUT2D eigenvalue weighted by Gasteiger charge is -2.32. The molecule has 0 aliphatic carbocycles. The Labute approximate surface area is 222 Å². The summed E-state index contributed by atoms with van der Waals surface area (Å²) in [6.07, 6.45) is 0. The zero-order chi connectivity index (χ0) is 27.2. The summed E-state index contributed by atoms with van der Waals surface area (Å²) in [5.41, 5.74) is 1.88. The predicted molar refractivity (Wildman–Crippen MR) is 144 cm³/mol. The van der Waals surface area contributed by atoms with Crippen molar-refractivity contribution in [3.63, 3.8) is 0 Å². The highest BCUT2D eigenvalue weighted by atomic mass is 35.5. The summed E-state index contributed by atoms with van der Waals surface area (Å²) >= 11 is 6.31. The Morgan fingerprint density at radius 1 is 1.03 bits per heavy atom. The van der Waals surface area contributed by atoms with Gasteiger partial charge in [0.1, 0.15) is 18.3 Å². The minimum atomic E-state index is -4.17. The molecule has 0 aromatic heterocycles. The number of hydrogen-bond acceptors (Lipinski definition) is 5. The lowest BCUT2D eigenvalue weighted by atomic mass is 10.1. The van der Waals surface area contributed by atoms with E-state index in [-0.39, 0.29) is 28.1 Å². The molecule has 3 rings (SSSR count). The first-order valence-corrected chi connectivity index (χ1v) is 13.4. The van der Waals surface area contributed by atoms with E-state index in [1.807, 2.05) is 37.3 Å². The van der Waals surface area contributed by atoms with Gasteiger partial charge in [-0.1, -0.05) is 59.6 Å². The fourth-order valence-corrected chi connectivity index (χ4v) is 5.41. The second kappa shape index (κ2) is 12.1. The van der Waals surface area contributed by atoms with E-state index in [2.05, 4.69) is 5.32 Å². The molecule has 37 heavy (non-hydrogen) atoms. The molecule has 0 fully saturated rings. The van der Waals surface area contributed by atoms with Crippen molar-refractivity contribution in [3.05, 3.63) is 88.9 Å². The van der Waals surface area contributed by atoms with Gasteiger partial charge in [0.25, 0.3) is 10.0 Å². The van der Waals surface area contributed by atoms with Gasteiger partial charge in [-0.3, -0.25) is 13.9 Å². The minimum absolute atomic E-state index is 0.0202. The number of sulfonamides is 1. The number of anilines is 1. The molecule has 0 heterocycles. The third-order valence-corrected chi connectivity index (χ3v) is 8.00. The van der Waals surface area contributed by atoms with Gasteiger partial charge in [-0.2, -0.15) is 0 Å². The number of nitrogens with one attached hydrogen (secondary N) is 1. The number of aryl methyl sites for hydroxylation is 1. The monoisotopic (exact) mass is 543 g/mol. The summed E-state index contributed by atoms with van der Waals surface area (Å²) in [5.74, 6) is -0.560. The summed E-state index contributed by atoms with van der Waals surface area (Å²) in [7, 11) is -1.24. The number of carbonyl (C=O) groups is 2. The molecule has 3 aromatic carbocycles. The molecule has 0 saturated heterocycles. The highest BCUT2D eigenvalue weighted by Crippen LogP contribution is 2.32. The lowest BCUT2D eigenvalue weighted by molar-refractivity contribution is -0.139. The number of likely N-dealkylation sites (N-methyl/N-ethyl adjacent to an activating group) is 1. The fraction of sp³-hybridized carbons (Fsp3) is 0.259. The van der Waals surface area contributed by atoms with Crippen LogP contribution in [0.3, 0.4) is 0 Å². The number of methoxy groups -OCH3 is 1. The van der Waals surface area contributed by atoms with Crippen molar-refractivity contribution < 1.29 is 22.7 Å². The van der Waals surface area contributed by atoms with Gasteiger partial charge in [0.2, 0.25) is 11.8 Å². The molecule has 0 unspecified atom stereocenters. The van der Waals surface area contributed by atoms with Crippen molar-refractivity contribution in [2.75, 3.05) is 25.0 Å². The first-order valence-electron chi connectivity index (χ1n) is 11.6. The average Bonchev–Trinajstić information content (AvgIpc) is 2.90. The standard InChI is InChI=1S/C27H30ClN3O5S/c1-19-10-13-23(14-11-19)37(34,35)31(22-12-15-25(36-4)24(28)16-22)18-26(32)30(20(2)27(33)29-3)17-21-8-6-5-7-9-21/h5-16,20H,17-18H2,1-4H3,(H,29,33)/t20-/m0/s1. The SMILES string of the molecule is CNC(=O)[C@H](C)N(Cc1ccccc1)C(=O)CN(c1ccc(OC)c(Cl)c1)S(=O)(=O)c1ccc(C)cc1. The summed E-state index contributed by atoms with van der Waals surface area (Å²) in [6, 6.07) is 19.2. The molecule has 1 N–H and O–H groups in total. The van der Waals surface area contributed by atoms with Crippen LogP contribution in [0.15, 0.2) is 77.7 Å². The summed E-state index contributed by atoms with van der Waals surface area (Å²) in [4.78, 5) is 27.6. The molecule has 3 aromatic rings. The number of halogens is 1. The maximum absolute atomic E-state index is 13.8. The van der Waals surface area contributed by atoms with Gasteiger partial charge in [0.15, 0.2) is 0 Å². The summed E-state index contributed by atoms with van der Waals surface area (Å²) in [6.45, 7) is 3.02. The highest BCUT2D eigenvalue weighted by molar-refractivity contribution is 7.92. The minimum Gasteiger partial charge on any atom is -0.495 e. The molecule has 0 bridgehead atoms. The molecule has 0 saturated carbocycles. The van der Waals surface area contributed by atoms with Crippen LogP contribution in [0.1, 0.15) is 18.1 Å². The normalized spacial score (nSPS) is 11.9. The number of amides is 2. The fourth-order valence-electron chi connectivity index (χ4n) is 3.75. The topological polar surface area (TPSA) is 96.0 Å². The van der Waals surface area contributed by atoms with Gasteiger partial charge in [-0.05, 0) is 49.7 Å². The molecule has 196 valence electrons. The van der Waals surface area contributed by atoms with Crippen LogP contribution < -0.4 is 14.4 Å². The van der Waals surface area contributed by atoms with Crippen molar-refractivity contribution in [2.24, 2.45) is 0 Å². The maximum Gasteiger partial charge on any atom is 0.264 e. The van der Waals surface area contributed by atoms with Gasteiger partial charge in [-0.15, -0.1) is 0 Å². The second-order valence-electron chi connectivity index (χ2n) is 8.44. The molecule has 1 atom stereocenters. The third kappa shape index (κ3) is 6.61. The van der Waals surface area contributed by atoms with Crippen LogP contribution in [-0.2, 0) is 26.2 Å². The Hall–Kier alpha value is -3.56. The number of benzene rings is 3. The van der Waals surface area contributed by atoms with Gasteiger partial charge in [0, 0.05) is 13.6 Å². The van der Waals surface area contributed by atoms with E-state index in [0.29, 0.717) is 5.75 Å². The summed E-state index contributed by atoms with van der Waals surface area (Å²) in [5, 5.41) is 2.75. The molecule has 0 aliphatic rings. The molecular weight excluding hydrogens is 514 g/mol. The summed E-state index contributed by atoms with van der Waals surface area (Å²) < 4.78 is 33.8. The molecule has 2 amide bonds. The Kier molecular flexibility index (Phi) is 9.18. The van der Waals surface area contributed by atoms with Gasteiger partial charge < -0.3 is 15.0 Å². The number of ether oxygens (including phenoxy) is 1. The Morgan fingerprint density at radius 3 is 2.24 bits per heavy atom. The number of carbonyl (C=O) groups excluding carboxylic acids is 2. The van der Waals surface area contributed by atoms with Crippen molar-refractivity contribution >= 4 is 39.1 Å². The van der Waals surface area contributed by atoms with Crippen LogP contribution in [0.4, 0.5) is 5.69 Å². The van der Waals surface area contributed by atoms with Crippen molar-refractivity contribution in [3.8, 4) is 5.75 Å². The molecule has 8 nitrogen and oxygen atoms in total. The first kappa shape index (κ1) is 28.0. The highest BCUT2D eigenvalue weighted by Gasteiger charge is 2.32. The van der Waals surface area contributed by atoms with Crippen LogP contribution in [-0.4, -0.2) is 51.9 Å². The molecular formula is C27H30ClN3O5S. The van der Waals surface area contributed by atoms with E-state index in [1.165, 1.54) is 49.4 Å². The van der Waals surface area contributed by atoms with Crippen LogP contribution in [0.25, 0.3) is 0 Å². The van der Waals surface area contributed by atoms with E-state index in [4.69, 9.17) is 16.3 Å². The Bertz CT molecular complexity index is 1350. The van der Waals surface area contributed by atoms with E-state index in [9.17, 15) is 18.0 Å². The zero-order valence-electron chi connectivity index (χ0n) is 21.1. The Morgan fingerprint density at radius 2 is 1.68 bits per heavy atom. The van der Waals surface area contributed by atoms with Gasteiger partial charge in [-0.25, -0.2) is 8.42 Å². The third-order valence-electron chi connectivity index (χ3n) is 5.92. The van der Waals surface area contributed by atoms with E-state index in [0.717, 1.165) is 15.4 Å². The van der Waals surface area contributed by atoms with E-state index < -0.39 is 28.5 Å². The Balaban J connectivity index is 2.06. The number of nitrogens with zero attached hydrogens (tertiary/aromatic N) is 2. The number of hydrogen-bond donors (Lipinski definition) is 1. The van der Waals surface area contributed by atoms with E-state index in [1.54, 1.807) is 19.1 Å². The van der Waals surface area contributed by atoms with Crippen molar-refractivity contribution in [2.45, 2.75) is 31.3 Å². The molecule has 0 aliphatic heterocycles. The van der Waals surface area contributed by atoms with Crippen molar-refractivity contribution in [1.82, 2.24) is 10.2 Å². The van der Waals surface area contributed by atoms with Gasteiger partial charge >= 0.3 is 0 Å².